The maximum Gasteiger partial charge on any atom is 0.272 e. The van der Waals surface area contributed by atoms with Crippen molar-refractivity contribution < 1.29 is 14.6 Å². The third-order valence-electron chi connectivity index (χ3n) is 6.80. The summed E-state index contributed by atoms with van der Waals surface area (Å²) in [5.41, 5.74) is 2.84. The Bertz CT molecular complexity index is 1060. The first kappa shape index (κ1) is 23.8. The minimum Gasteiger partial charge on any atom is -0.508 e. The van der Waals surface area contributed by atoms with Gasteiger partial charge in [0.2, 0.25) is 0 Å². The van der Waals surface area contributed by atoms with Gasteiger partial charge >= 0.3 is 0 Å². The second-order valence-electron chi connectivity index (χ2n) is 9.03. The van der Waals surface area contributed by atoms with Crippen LogP contribution in [0.25, 0.3) is 0 Å². The van der Waals surface area contributed by atoms with Gasteiger partial charge in [0, 0.05) is 25.8 Å². The summed E-state index contributed by atoms with van der Waals surface area (Å²) < 4.78 is 5.42. The fourth-order valence-electron chi connectivity index (χ4n) is 4.84. The van der Waals surface area contributed by atoms with Crippen LogP contribution < -0.4 is 4.74 Å². The van der Waals surface area contributed by atoms with E-state index in [9.17, 15) is 9.90 Å². The van der Waals surface area contributed by atoms with Crippen LogP contribution in [-0.2, 0) is 13.0 Å². The van der Waals surface area contributed by atoms with Crippen LogP contribution in [0.2, 0.25) is 0 Å². The third kappa shape index (κ3) is 5.94. The van der Waals surface area contributed by atoms with E-state index in [2.05, 4.69) is 22.0 Å². The molecule has 1 aliphatic heterocycles. The number of phenolic OH excluding ortho intramolecular Hbond substituents is 1. The molecule has 6 nitrogen and oxygen atoms in total. The van der Waals surface area contributed by atoms with Gasteiger partial charge < -0.3 is 14.7 Å². The Morgan fingerprint density at radius 2 is 1.85 bits per heavy atom. The summed E-state index contributed by atoms with van der Waals surface area (Å²) in [6.45, 7) is 2.83. The van der Waals surface area contributed by atoms with E-state index in [0.29, 0.717) is 17.4 Å². The van der Waals surface area contributed by atoms with Crippen molar-refractivity contribution in [1.29, 1.82) is 0 Å². The van der Waals surface area contributed by atoms with E-state index in [0.717, 1.165) is 50.2 Å². The Balaban J connectivity index is 1.48. The molecule has 0 bridgehead atoms. The molecule has 6 heteroatoms. The number of aromatic hydroxyl groups is 1. The Hall–Kier alpha value is -3.38. The Morgan fingerprint density at radius 1 is 1.09 bits per heavy atom. The Kier molecular flexibility index (Phi) is 7.80. The van der Waals surface area contributed by atoms with Gasteiger partial charge in [0.05, 0.1) is 7.11 Å². The molecule has 1 unspecified atom stereocenters. The molecular formula is C28H33N3O3. The van der Waals surface area contributed by atoms with Crippen LogP contribution in [0, 0.1) is 5.92 Å². The smallest absolute Gasteiger partial charge is 0.272 e. The molecule has 1 fully saturated rings. The monoisotopic (exact) mass is 459 g/mol. The maximum atomic E-state index is 13.3. The number of piperidine rings is 1. The average Bonchev–Trinajstić information content (AvgIpc) is 2.89. The summed E-state index contributed by atoms with van der Waals surface area (Å²) >= 11 is 0. The van der Waals surface area contributed by atoms with E-state index >= 15 is 0 Å². The van der Waals surface area contributed by atoms with E-state index in [1.165, 1.54) is 5.56 Å². The fraction of sp³-hybridized carbons (Fsp3) is 0.357. The van der Waals surface area contributed by atoms with Crippen LogP contribution in [0.1, 0.15) is 34.5 Å². The van der Waals surface area contributed by atoms with Crippen LogP contribution in [0.4, 0.5) is 0 Å². The van der Waals surface area contributed by atoms with Gasteiger partial charge in [-0.2, -0.15) is 0 Å². The molecule has 2 aromatic carbocycles. The number of carbonyl (C=O) groups is 1. The second kappa shape index (κ2) is 11.2. The van der Waals surface area contributed by atoms with Crippen molar-refractivity contribution in [1.82, 2.24) is 14.8 Å². The highest BCUT2D eigenvalue weighted by Gasteiger charge is 2.32. The first-order valence-electron chi connectivity index (χ1n) is 11.8. The lowest BCUT2D eigenvalue weighted by atomic mass is 9.84. The van der Waals surface area contributed by atoms with Crippen LogP contribution in [-0.4, -0.2) is 59.1 Å². The SMILES string of the molecule is COc1cccc(CC(C2CCN(Cc3ccc(O)cc3)CC2)N(C)C(=O)c2ccccn2)c1. The number of methoxy groups -OCH3 is 1. The highest BCUT2D eigenvalue weighted by Crippen LogP contribution is 2.29. The molecule has 1 atom stereocenters. The number of hydrogen-bond donors (Lipinski definition) is 1. The van der Waals surface area contributed by atoms with Crippen molar-refractivity contribution in [3.63, 3.8) is 0 Å². The lowest BCUT2D eigenvalue weighted by Gasteiger charge is -2.40. The zero-order valence-electron chi connectivity index (χ0n) is 19.9. The van der Waals surface area contributed by atoms with Crippen molar-refractivity contribution >= 4 is 5.91 Å². The molecule has 0 radical (unpaired) electrons. The van der Waals surface area contributed by atoms with Gasteiger partial charge in [-0.15, -0.1) is 0 Å². The number of likely N-dealkylation sites (tertiary alicyclic amines) is 1. The predicted octanol–water partition coefficient (Wildman–Crippen LogP) is 4.39. The van der Waals surface area contributed by atoms with E-state index in [1.54, 1.807) is 31.5 Å². The fourth-order valence-corrected chi connectivity index (χ4v) is 4.84. The molecule has 2 heterocycles. The van der Waals surface area contributed by atoms with Crippen LogP contribution >= 0.6 is 0 Å². The van der Waals surface area contributed by atoms with Gasteiger partial charge in [0.1, 0.15) is 17.2 Å². The van der Waals surface area contributed by atoms with Crippen molar-refractivity contribution in [2.24, 2.45) is 5.92 Å². The number of benzene rings is 2. The molecule has 0 spiro atoms. The molecule has 178 valence electrons. The number of phenols is 1. The number of rotatable bonds is 8. The summed E-state index contributed by atoms with van der Waals surface area (Å²) in [4.78, 5) is 21.9. The van der Waals surface area contributed by atoms with Gasteiger partial charge in [-0.1, -0.05) is 30.3 Å². The first-order valence-corrected chi connectivity index (χ1v) is 11.8. The number of pyridine rings is 1. The van der Waals surface area contributed by atoms with Gasteiger partial charge in [0.15, 0.2) is 0 Å². The van der Waals surface area contributed by atoms with Crippen LogP contribution in [0.15, 0.2) is 72.9 Å². The third-order valence-corrected chi connectivity index (χ3v) is 6.80. The summed E-state index contributed by atoms with van der Waals surface area (Å²) in [6, 6.07) is 21.1. The van der Waals surface area contributed by atoms with E-state index in [4.69, 9.17) is 4.74 Å². The van der Waals surface area contributed by atoms with Crippen molar-refractivity contribution in [3.05, 3.63) is 89.7 Å². The summed E-state index contributed by atoms with van der Waals surface area (Å²) in [5, 5.41) is 9.53. The second-order valence-corrected chi connectivity index (χ2v) is 9.03. The first-order chi connectivity index (χ1) is 16.5. The summed E-state index contributed by atoms with van der Waals surface area (Å²) in [7, 11) is 3.59. The van der Waals surface area contributed by atoms with Crippen LogP contribution in [0.5, 0.6) is 11.5 Å². The summed E-state index contributed by atoms with van der Waals surface area (Å²) in [6.07, 6.45) is 4.48. The highest BCUT2D eigenvalue weighted by atomic mass is 16.5. The minimum absolute atomic E-state index is 0.0416. The molecule has 1 amide bonds. The number of nitrogens with zero attached hydrogens (tertiary/aromatic N) is 3. The molecule has 0 saturated carbocycles. The molecule has 1 N–H and O–H groups in total. The minimum atomic E-state index is -0.0416. The Morgan fingerprint density at radius 3 is 2.53 bits per heavy atom. The van der Waals surface area contributed by atoms with E-state index in [1.807, 2.05) is 48.3 Å². The maximum absolute atomic E-state index is 13.3. The van der Waals surface area contributed by atoms with Gasteiger partial charge in [-0.3, -0.25) is 14.7 Å². The molecule has 1 saturated heterocycles. The molecule has 3 aromatic rings. The number of likely N-dealkylation sites (N-methyl/N-ethyl adjacent to an activating group) is 1. The van der Waals surface area contributed by atoms with Crippen molar-refractivity contribution in [2.45, 2.75) is 31.8 Å². The van der Waals surface area contributed by atoms with E-state index < -0.39 is 0 Å². The lowest BCUT2D eigenvalue weighted by Crippen LogP contribution is -2.47. The zero-order chi connectivity index (χ0) is 23.9. The molecule has 34 heavy (non-hydrogen) atoms. The number of ether oxygens (including phenoxy) is 1. The van der Waals surface area contributed by atoms with Crippen molar-refractivity contribution in [3.8, 4) is 11.5 Å². The topological polar surface area (TPSA) is 65.9 Å². The normalized spacial score (nSPS) is 15.6. The number of carbonyl (C=O) groups excluding carboxylic acids is 1. The molecule has 1 aliphatic rings. The zero-order valence-corrected chi connectivity index (χ0v) is 19.9. The molecule has 0 aliphatic carbocycles. The van der Waals surface area contributed by atoms with Gasteiger partial charge in [-0.25, -0.2) is 0 Å². The molecular weight excluding hydrogens is 426 g/mol. The largest absolute Gasteiger partial charge is 0.508 e. The van der Waals surface area contributed by atoms with Gasteiger partial charge in [-0.05, 0) is 85.8 Å². The summed E-state index contributed by atoms with van der Waals surface area (Å²) in [5.74, 6) is 1.47. The quantitative estimate of drug-likeness (QED) is 0.541. The average molecular weight is 460 g/mol. The van der Waals surface area contributed by atoms with E-state index in [-0.39, 0.29) is 11.9 Å². The Labute approximate surface area is 201 Å². The number of aromatic nitrogens is 1. The lowest BCUT2D eigenvalue weighted by molar-refractivity contribution is 0.0579. The molecule has 4 rings (SSSR count). The standard InChI is InChI=1S/C28H33N3O3/c1-30(28(33)26-8-3-4-15-29-26)27(19-22-6-5-7-25(18-22)34-2)23-13-16-31(17-14-23)20-21-9-11-24(32)12-10-21/h3-12,15,18,23,27,32H,13-14,16-17,19-20H2,1-2H3. The van der Waals surface area contributed by atoms with Gasteiger partial charge in [0.25, 0.3) is 5.91 Å². The number of amides is 1. The highest BCUT2D eigenvalue weighted by molar-refractivity contribution is 5.92. The number of hydrogen-bond acceptors (Lipinski definition) is 5. The molecule has 1 aromatic heterocycles. The predicted molar refractivity (Wildman–Crippen MR) is 133 cm³/mol. The van der Waals surface area contributed by atoms with Crippen molar-refractivity contribution in [2.75, 3.05) is 27.2 Å². The van der Waals surface area contributed by atoms with Crippen LogP contribution in [0.3, 0.4) is 0 Å².